The van der Waals surface area contributed by atoms with Crippen molar-refractivity contribution in [1.29, 1.82) is 0 Å². The Labute approximate surface area is 177 Å². The fourth-order valence-electron chi connectivity index (χ4n) is 3.66. The number of H-pyrrole nitrogens is 2. The number of pyridine rings is 2. The normalized spacial score (nSPS) is 11.8. The predicted octanol–water partition coefficient (Wildman–Crippen LogP) is 4.44. The average Bonchev–Trinajstić information content (AvgIpc) is 3.21. The summed E-state index contributed by atoms with van der Waals surface area (Å²) < 4.78 is 0. The van der Waals surface area contributed by atoms with E-state index in [4.69, 9.17) is 4.98 Å². The van der Waals surface area contributed by atoms with Crippen molar-refractivity contribution in [2.24, 2.45) is 0 Å². The van der Waals surface area contributed by atoms with Crippen molar-refractivity contribution in [3.8, 4) is 11.3 Å². The smallest absolute Gasteiger partial charge is 0.259 e. The van der Waals surface area contributed by atoms with Crippen LogP contribution in [0.25, 0.3) is 32.9 Å². The van der Waals surface area contributed by atoms with E-state index in [0.29, 0.717) is 11.2 Å². The number of fused-ring (bicyclic) bond motifs is 2. The van der Waals surface area contributed by atoms with Crippen molar-refractivity contribution in [2.45, 2.75) is 19.4 Å². The summed E-state index contributed by atoms with van der Waals surface area (Å²) >= 11 is 0. The Kier molecular flexibility index (Phi) is 4.34. The van der Waals surface area contributed by atoms with Crippen LogP contribution >= 0.6 is 0 Å². The van der Waals surface area contributed by atoms with Gasteiger partial charge in [0.15, 0.2) is 0 Å². The number of nitrogens with zero attached hydrogens (tertiary/aromatic N) is 2. The molecule has 0 aliphatic heterocycles. The summed E-state index contributed by atoms with van der Waals surface area (Å²) in [4.78, 5) is 20.1. The fourth-order valence-corrected chi connectivity index (χ4v) is 3.66. The third-order valence-electron chi connectivity index (χ3n) is 5.34. The first-order valence-electron chi connectivity index (χ1n) is 9.94. The van der Waals surface area contributed by atoms with Gasteiger partial charge >= 0.3 is 0 Å². The lowest BCUT2D eigenvalue weighted by molar-refractivity contribution is 0.0786. The SMILES string of the molecule is CC(C)(O)c1ccc(-c2cc3cc[nH]c(=O)c3c(Nc3ccc4[nH]ncc4c3)n2)cc1. The number of hydrogen-bond donors (Lipinski definition) is 4. The summed E-state index contributed by atoms with van der Waals surface area (Å²) in [6.07, 6.45) is 3.38. The molecule has 0 spiro atoms. The molecule has 4 N–H and O–H groups in total. The van der Waals surface area contributed by atoms with E-state index in [1.165, 1.54) is 0 Å². The molecule has 0 unspecified atom stereocenters. The van der Waals surface area contributed by atoms with Crippen LogP contribution in [0.2, 0.25) is 0 Å². The summed E-state index contributed by atoms with van der Waals surface area (Å²) in [7, 11) is 0. The zero-order valence-electron chi connectivity index (χ0n) is 17.1. The van der Waals surface area contributed by atoms with Crippen LogP contribution in [0.15, 0.2) is 71.8 Å². The molecule has 7 heteroatoms. The first-order chi connectivity index (χ1) is 14.9. The van der Waals surface area contributed by atoms with Crippen molar-refractivity contribution in [2.75, 3.05) is 5.32 Å². The molecule has 5 rings (SSSR count). The highest BCUT2D eigenvalue weighted by Crippen LogP contribution is 2.30. The van der Waals surface area contributed by atoms with Gasteiger partial charge in [0.2, 0.25) is 0 Å². The van der Waals surface area contributed by atoms with Crippen molar-refractivity contribution < 1.29 is 5.11 Å². The molecule has 0 bridgehead atoms. The third-order valence-corrected chi connectivity index (χ3v) is 5.34. The van der Waals surface area contributed by atoms with E-state index < -0.39 is 5.60 Å². The zero-order valence-corrected chi connectivity index (χ0v) is 17.1. The van der Waals surface area contributed by atoms with E-state index in [9.17, 15) is 9.90 Å². The lowest BCUT2D eigenvalue weighted by Crippen LogP contribution is -2.15. The number of rotatable bonds is 4. The van der Waals surface area contributed by atoms with Gasteiger partial charge < -0.3 is 15.4 Å². The molecule has 0 amide bonds. The Morgan fingerprint density at radius 1 is 1.00 bits per heavy atom. The number of anilines is 2. The molecule has 0 aliphatic rings. The molecule has 0 aliphatic carbocycles. The average molecular weight is 411 g/mol. The van der Waals surface area contributed by atoms with Crippen LogP contribution in [-0.2, 0) is 5.60 Å². The number of hydrogen-bond acceptors (Lipinski definition) is 5. The molecule has 0 saturated carbocycles. The predicted molar refractivity (Wildman–Crippen MR) is 122 cm³/mol. The number of benzene rings is 2. The minimum atomic E-state index is -0.916. The van der Waals surface area contributed by atoms with Crippen LogP contribution in [0.3, 0.4) is 0 Å². The summed E-state index contributed by atoms with van der Waals surface area (Å²) in [6, 6.07) is 17.2. The van der Waals surface area contributed by atoms with Gasteiger partial charge in [-0.2, -0.15) is 5.10 Å². The first kappa shape index (κ1) is 19.0. The molecule has 154 valence electrons. The largest absolute Gasteiger partial charge is 0.386 e. The molecule has 3 heterocycles. The van der Waals surface area contributed by atoms with Crippen LogP contribution in [0.5, 0.6) is 0 Å². The van der Waals surface area contributed by atoms with E-state index in [1.807, 2.05) is 54.6 Å². The van der Waals surface area contributed by atoms with Gasteiger partial charge in [0.1, 0.15) is 5.82 Å². The second-order valence-electron chi connectivity index (χ2n) is 8.06. The lowest BCUT2D eigenvalue weighted by Gasteiger charge is -2.18. The molecule has 0 radical (unpaired) electrons. The minimum absolute atomic E-state index is 0.208. The van der Waals surface area contributed by atoms with Crippen LogP contribution in [0, 0.1) is 0 Å². The highest BCUT2D eigenvalue weighted by molar-refractivity contribution is 5.95. The molecule has 0 fully saturated rings. The van der Waals surface area contributed by atoms with Crippen LogP contribution in [0.1, 0.15) is 19.4 Å². The summed E-state index contributed by atoms with van der Waals surface area (Å²) in [5.74, 6) is 0.476. The molecule has 0 atom stereocenters. The number of aromatic nitrogens is 4. The molecule has 3 aromatic heterocycles. The Balaban J connectivity index is 1.63. The van der Waals surface area contributed by atoms with Crippen molar-refractivity contribution in [3.05, 3.63) is 82.9 Å². The molecular formula is C24H21N5O2. The maximum absolute atomic E-state index is 12.6. The van der Waals surface area contributed by atoms with Gasteiger partial charge in [0.25, 0.3) is 5.56 Å². The molecular weight excluding hydrogens is 390 g/mol. The quantitative estimate of drug-likeness (QED) is 0.350. The molecule has 0 saturated heterocycles. The van der Waals surface area contributed by atoms with Crippen molar-refractivity contribution in [3.63, 3.8) is 0 Å². The minimum Gasteiger partial charge on any atom is -0.386 e. The van der Waals surface area contributed by atoms with E-state index in [0.717, 1.165) is 38.8 Å². The van der Waals surface area contributed by atoms with Crippen molar-refractivity contribution in [1.82, 2.24) is 20.2 Å². The van der Waals surface area contributed by atoms with Crippen LogP contribution in [-0.4, -0.2) is 25.3 Å². The molecule has 31 heavy (non-hydrogen) atoms. The number of aromatic amines is 2. The zero-order chi connectivity index (χ0) is 21.6. The lowest BCUT2D eigenvalue weighted by atomic mass is 9.96. The van der Waals surface area contributed by atoms with E-state index in [-0.39, 0.29) is 5.56 Å². The fraction of sp³-hybridized carbons (Fsp3) is 0.125. The summed E-state index contributed by atoms with van der Waals surface area (Å²) in [5, 5.41) is 22.7. The molecule has 5 aromatic rings. The second kappa shape index (κ2) is 7.07. The van der Waals surface area contributed by atoms with Gasteiger partial charge in [-0.25, -0.2) is 4.98 Å². The van der Waals surface area contributed by atoms with Gasteiger partial charge in [-0.1, -0.05) is 24.3 Å². The Bertz CT molecular complexity index is 1460. The van der Waals surface area contributed by atoms with Gasteiger partial charge in [-0.3, -0.25) is 9.89 Å². The van der Waals surface area contributed by atoms with Crippen LogP contribution < -0.4 is 10.9 Å². The summed E-state index contributed by atoms with van der Waals surface area (Å²) in [5.41, 5.74) is 3.06. The first-order valence-corrected chi connectivity index (χ1v) is 9.94. The number of nitrogens with one attached hydrogen (secondary N) is 3. The number of aliphatic hydroxyl groups is 1. The highest BCUT2D eigenvalue weighted by Gasteiger charge is 2.16. The maximum atomic E-state index is 12.6. The Hall–Kier alpha value is -3.97. The standard InChI is InChI=1S/C24H21N5O2/c1-24(2,31)17-5-3-14(4-6-17)20-12-15-9-10-25-23(30)21(15)22(28-20)27-18-7-8-19-16(11-18)13-26-29-19/h3-13,31H,1-2H3,(H,25,30)(H,26,29)(H,27,28). The van der Waals surface area contributed by atoms with Crippen LogP contribution in [0.4, 0.5) is 11.5 Å². The summed E-state index contributed by atoms with van der Waals surface area (Å²) in [6.45, 7) is 3.50. The van der Waals surface area contributed by atoms with Gasteiger partial charge in [0.05, 0.1) is 28.4 Å². The van der Waals surface area contributed by atoms with E-state index >= 15 is 0 Å². The van der Waals surface area contributed by atoms with Gasteiger partial charge in [0, 0.05) is 22.8 Å². The Morgan fingerprint density at radius 3 is 2.58 bits per heavy atom. The topological polar surface area (TPSA) is 107 Å². The third kappa shape index (κ3) is 3.55. The van der Waals surface area contributed by atoms with Gasteiger partial charge in [-0.15, -0.1) is 0 Å². The molecule has 2 aromatic carbocycles. The van der Waals surface area contributed by atoms with E-state index in [2.05, 4.69) is 20.5 Å². The highest BCUT2D eigenvalue weighted by atomic mass is 16.3. The molecule has 7 nitrogen and oxygen atoms in total. The van der Waals surface area contributed by atoms with Gasteiger partial charge in [-0.05, 0) is 55.1 Å². The monoisotopic (exact) mass is 411 g/mol. The maximum Gasteiger partial charge on any atom is 0.259 e. The Morgan fingerprint density at radius 2 is 1.81 bits per heavy atom. The second-order valence-corrected chi connectivity index (χ2v) is 8.06. The van der Waals surface area contributed by atoms with Crippen molar-refractivity contribution >= 4 is 33.2 Å². The van der Waals surface area contributed by atoms with E-state index in [1.54, 1.807) is 26.2 Å².